The zero-order valence-corrected chi connectivity index (χ0v) is 15.3. The average Bonchev–Trinajstić information content (AvgIpc) is 3.07. The van der Waals surface area contributed by atoms with Crippen LogP contribution in [0.25, 0.3) is 0 Å². The molecule has 0 N–H and O–H groups in total. The second-order valence-corrected chi connectivity index (χ2v) is 6.69. The molecule has 3 rings (SSSR count). The Labute approximate surface area is 152 Å². The number of benzene rings is 2. The van der Waals surface area contributed by atoms with E-state index in [1.54, 1.807) is 7.11 Å². The molecule has 0 aliphatic carbocycles. The van der Waals surface area contributed by atoms with Gasteiger partial charge in [-0.15, -0.1) is 10.2 Å². The second-order valence-electron chi connectivity index (χ2n) is 4.84. The molecule has 2 aromatic carbocycles. The summed E-state index contributed by atoms with van der Waals surface area (Å²) < 4.78 is 17.4. The van der Waals surface area contributed by atoms with E-state index in [1.807, 2.05) is 36.4 Å². The first kappa shape index (κ1) is 16.9. The minimum Gasteiger partial charge on any atom is -0.497 e. The second kappa shape index (κ2) is 8.21. The van der Waals surface area contributed by atoms with Crippen LogP contribution < -0.4 is 9.47 Å². The van der Waals surface area contributed by atoms with Crippen LogP contribution in [0.5, 0.6) is 11.5 Å². The van der Waals surface area contributed by atoms with E-state index < -0.39 is 0 Å². The van der Waals surface area contributed by atoms with Gasteiger partial charge in [0.15, 0.2) is 6.61 Å². The van der Waals surface area contributed by atoms with Gasteiger partial charge < -0.3 is 13.9 Å². The molecule has 7 heteroatoms. The highest BCUT2D eigenvalue weighted by molar-refractivity contribution is 9.10. The highest BCUT2D eigenvalue weighted by atomic mass is 79.9. The lowest BCUT2D eigenvalue weighted by atomic mass is 10.2. The highest BCUT2D eigenvalue weighted by Crippen LogP contribution is 2.24. The molecule has 0 saturated carbocycles. The fourth-order valence-electron chi connectivity index (χ4n) is 1.94. The molecule has 0 amide bonds. The molecule has 0 saturated heterocycles. The number of aromatic nitrogens is 2. The number of hydrogen-bond donors (Lipinski definition) is 0. The van der Waals surface area contributed by atoms with Gasteiger partial charge in [-0.25, -0.2) is 0 Å². The summed E-state index contributed by atoms with van der Waals surface area (Å²) in [6.07, 6.45) is 0. The Morgan fingerprint density at radius 2 is 1.88 bits per heavy atom. The molecule has 0 unspecified atom stereocenters. The van der Waals surface area contributed by atoms with Crippen molar-refractivity contribution in [3.05, 3.63) is 64.5 Å². The number of rotatable bonds is 7. The minimum atomic E-state index is 0.233. The summed E-state index contributed by atoms with van der Waals surface area (Å²) in [5, 5.41) is 8.56. The third kappa shape index (κ3) is 4.75. The SMILES string of the molecule is COc1ccc(OCc2nnc(SCc3cccc(Br)c3)o2)cc1. The van der Waals surface area contributed by atoms with Gasteiger partial charge in [0, 0.05) is 10.2 Å². The zero-order chi connectivity index (χ0) is 16.8. The van der Waals surface area contributed by atoms with Crippen molar-refractivity contribution in [2.75, 3.05) is 7.11 Å². The number of hydrogen-bond acceptors (Lipinski definition) is 6. The quantitative estimate of drug-likeness (QED) is 0.529. The maximum atomic E-state index is 5.62. The monoisotopic (exact) mass is 406 g/mol. The molecule has 1 aromatic heterocycles. The number of nitrogens with zero attached hydrogens (tertiary/aromatic N) is 2. The molecule has 0 radical (unpaired) electrons. The Morgan fingerprint density at radius 3 is 2.62 bits per heavy atom. The van der Waals surface area contributed by atoms with Crippen LogP contribution in [0.15, 0.2) is 62.6 Å². The van der Waals surface area contributed by atoms with Crippen molar-refractivity contribution in [1.29, 1.82) is 0 Å². The first-order valence-electron chi connectivity index (χ1n) is 7.19. The van der Waals surface area contributed by atoms with Crippen molar-refractivity contribution in [1.82, 2.24) is 10.2 Å². The van der Waals surface area contributed by atoms with Crippen molar-refractivity contribution >= 4 is 27.7 Å². The fraction of sp³-hybridized carbons (Fsp3) is 0.176. The summed E-state index contributed by atoms with van der Waals surface area (Å²) in [6.45, 7) is 0.233. The molecule has 0 aliphatic heterocycles. The van der Waals surface area contributed by atoms with Crippen LogP contribution in [0.1, 0.15) is 11.5 Å². The largest absolute Gasteiger partial charge is 0.497 e. The molecule has 0 bridgehead atoms. The summed E-state index contributed by atoms with van der Waals surface area (Å²) in [7, 11) is 1.63. The van der Waals surface area contributed by atoms with E-state index in [4.69, 9.17) is 13.9 Å². The highest BCUT2D eigenvalue weighted by Gasteiger charge is 2.08. The van der Waals surface area contributed by atoms with Crippen LogP contribution in [0.2, 0.25) is 0 Å². The van der Waals surface area contributed by atoms with E-state index in [-0.39, 0.29) is 6.61 Å². The molecule has 0 spiro atoms. The lowest BCUT2D eigenvalue weighted by molar-refractivity contribution is 0.252. The van der Waals surface area contributed by atoms with Gasteiger partial charge in [-0.3, -0.25) is 0 Å². The van der Waals surface area contributed by atoms with Crippen molar-refractivity contribution in [3.8, 4) is 11.5 Å². The molecule has 0 aliphatic rings. The van der Waals surface area contributed by atoms with E-state index in [0.717, 1.165) is 21.7 Å². The van der Waals surface area contributed by atoms with Crippen LogP contribution in [-0.4, -0.2) is 17.3 Å². The summed E-state index contributed by atoms with van der Waals surface area (Å²) in [5.41, 5.74) is 1.18. The molecule has 3 aromatic rings. The third-order valence-corrected chi connectivity index (χ3v) is 4.50. The average molecular weight is 407 g/mol. The van der Waals surface area contributed by atoms with E-state index in [0.29, 0.717) is 11.1 Å². The lowest BCUT2D eigenvalue weighted by Crippen LogP contribution is -1.95. The number of thioether (sulfide) groups is 1. The van der Waals surface area contributed by atoms with Gasteiger partial charge in [0.25, 0.3) is 11.1 Å². The van der Waals surface area contributed by atoms with E-state index in [2.05, 4.69) is 38.3 Å². The maximum Gasteiger partial charge on any atom is 0.277 e. The van der Waals surface area contributed by atoms with Crippen molar-refractivity contribution in [2.24, 2.45) is 0 Å². The first-order valence-corrected chi connectivity index (χ1v) is 8.97. The van der Waals surface area contributed by atoms with Gasteiger partial charge >= 0.3 is 0 Å². The molecule has 24 heavy (non-hydrogen) atoms. The smallest absolute Gasteiger partial charge is 0.277 e. The molecular formula is C17H15BrN2O3S. The van der Waals surface area contributed by atoms with Gasteiger partial charge in [-0.05, 0) is 42.0 Å². The summed E-state index contributed by atoms with van der Waals surface area (Å²) >= 11 is 4.96. The van der Waals surface area contributed by atoms with Crippen LogP contribution in [0.3, 0.4) is 0 Å². The van der Waals surface area contributed by atoms with Gasteiger partial charge in [0.05, 0.1) is 7.11 Å². The Bertz CT molecular complexity index is 793. The standard InChI is InChI=1S/C17H15BrN2O3S/c1-21-14-5-7-15(8-6-14)22-10-16-19-20-17(23-16)24-11-12-3-2-4-13(18)9-12/h2-9H,10-11H2,1H3. The lowest BCUT2D eigenvalue weighted by Gasteiger charge is -2.04. The van der Waals surface area contributed by atoms with Crippen LogP contribution in [0, 0.1) is 0 Å². The van der Waals surface area contributed by atoms with Gasteiger partial charge in [-0.1, -0.05) is 39.8 Å². The molecule has 0 atom stereocenters. The summed E-state index contributed by atoms with van der Waals surface area (Å²) in [6, 6.07) is 15.5. The molecule has 124 valence electrons. The van der Waals surface area contributed by atoms with Crippen LogP contribution in [0.4, 0.5) is 0 Å². The molecule has 5 nitrogen and oxygen atoms in total. The van der Waals surface area contributed by atoms with Crippen LogP contribution in [-0.2, 0) is 12.4 Å². The molecule has 0 fully saturated rings. The topological polar surface area (TPSA) is 57.4 Å². The predicted octanol–water partition coefficient (Wildman–Crippen LogP) is 4.71. The van der Waals surface area contributed by atoms with Crippen molar-refractivity contribution < 1.29 is 13.9 Å². The predicted molar refractivity (Wildman–Crippen MR) is 95.3 cm³/mol. The van der Waals surface area contributed by atoms with Crippen LogP contribution >= 0.6 is 27.7 Å². The first-order chi connectivity index (χ1) is 11.7. The summed E-state index contributed by atoms with van der Waals surface area (Å²) in [4.78, 5) is 0. The normalized spacial score (nSPS) is 10.6. The van der Waals surface area contributed by atoms with Gasteiger partial charge in [0.2, 0.25) is 0 Å². The maximum absolute atomic E-state index is 5.62. The Balaban J connectivity index is 1.51. The van der Waals surface area contributed by atoms with Gasteiger partial charge in [0.1, 0.15) is 11.5 Å². The number of ether oxygens (including phenoxy) is 2. The van der Waals surface area contributed by atoms with E-state index >= 15 is 0 Å². The van der Waals surface area contributed by atoms with Crippen molar-refractivity contribution in [3.63, 3.8) is 0 Å². The molecular weight excluding hydrogens is 392 g/mol. The number of halogens is 1. The Morgan fingerprint density at radius 1 is 1.08 bits per heavy atom. The van der Waals surface area contributed by atoms with E-state index in [1.165, 1.54) is 17.3 Å². The van der Waals surface area contributed by atoms with Crippen molar-refractivity contribution in [2.45, 2.75) is 17.6 Å². The number of methoxy groups -OCH3 is 1. The van der Waals surface area contributed by atoms with Gasteiger partial charge in [-0.2, -0.15) is 0 Å². The Kier molecular flexibility index (Phi) is 5.77. The minimum absolute atomic E-state index is 0.233. The Hall–Kier alpha value is -1.99. The fourth-order valence-corrected chi connectivity index (χ4v) is 3.11. The zero-order valence-electron chi connectivity index (χ0n) is 12.9. The van der Waals surface area contributed by atoms with E-state index in [9.17, 15) is 0 Å². The summed E-state index contributed by atoms with van der Waals surface area (Å²) in [5.74, 6) is 2.71. The molecule has 1 heterocycles. The third-order valence-electron chi connectivity index (χ3n) is 3.12.